The number of pyridine rings is 1. The Labute approximate surface area is 227 Å². The normalized spacial score (nSPS) is 18.4. The molecule has 4 rings (SSSR count). The van der Waals surface area contributed by atoms with Crippen molar-refractivity contribution >= 4 is 16.9 Å². The van der Waals surface area contributed by atoms with Crippen molar-refractivity contribution in [2.24, 2.45) is 11.8 Å². The fourth-order valence-corrected chi connectivity index (χ4v) is 5.39. The lowest BCUT2D eigenvalue weighted by Gasteiger charge is -2.38. The predicted octanol–water partition coefficient (Wildman–Crippen LogP) is 4.96. The topological polar surface area (TPSA) is 83.9 Å². The number of aliphatic carboxylic acids is 1. The highest BCUT2D eigenvalue weighted by Crippen LogP contribution is 2.34. The molecule has 39 heavy (non-hydrogen) atoms. The van der Waals surface area contributed by atoms with Crippen LogP contribution in [-0.4, -0.2) is 54.8 Å². The van der Waals surface area contributed by atoms with Crippen molar-refractivity contribution in [2.45, 2.75) is 31.7 Å². The van der Waals surface area contributed by atoms with Crippen molar-refractivity contribution in [2.75, 3.05) is 33.9 Å². The van der Waals surface area contributed by atoms with Crippen LogP contribution in [0.1, 0.15) is 42.9 Å². The standard InChI is InChI=1S/C30H33F2N3O4/c1-38-25-6-8-28-27(18-25)26(9-11-33-28)29(34-39-2)7-5-21-10-13-35(19-22(21)16-30(36)37)12-3-4-20-14-23(31)17-24(32)15-20/h6,8-9,11,14-15,17-18,21-22,29,34H,5,7,10,12-13,16,19H2,1-2H3,(H,36,37)/t21-,22+,29?/m1/s1. The van der Waals surface area contributed by atoms with Crippen LogP contribution in [0, 0.1) is 35.3 Å². The molecule has 1 aromatic heterocycles. The highest BCUT2D eigenvalue weighted by Gasteiger charge is 2.31. The van der Waals surface area contributed by atoms with Gasteiger partial charge in [0.05, 0.1) is 32.3 Å². The molecule has 0 aliphatic carbocycles. The van der Waals surface area contributed by atoms with Crippen LogP contribution in [0.15, 0.2) is 48.7 Å². The average Bonchev–Trinajstić information content (AvgIpc) is 2.90. The summed E-state index contributed by atoms with van der Waals surface area (Å²) in [6, 6.07) is 10.8. The fraction of sp³-hybridized carbons (Fsp3) is 0.400. The summed E-state index contributed by atoms with van der Waals surface area (Å²) in [5, 5.41) is 10.6. The zero-order chi connectivity index (χ0) is 27.8. The van der Waals surface area contributed by atoms with E-state index in [-0.39, 0.29) is 29.9 Å². The number of likely N-dealkylation sites (tertiary alicyclic amines) is 1. The van der Waals surface area contributed by atoms with Crippen molar-refractivity contribution in [1.82, 2.24) is 15.4 Å². The van der Waals surface area contributed by atoms with Gasteiger partial charge < -0.3 is 14.7 Å². The van der Waals surface area contributed by atoms with Gasteiger partial charge in [-0.25, -0.2) is 8.78 Å². The molecule has 0 spiro atoms. The summed E-state index contributed by atoms with van der Waals surface area (Å²) in [4.78, 5) is 23.6. The first-order valence-corrected chi connectivity index (χ1v) is 13.0. The smallest absolute Gasteiger partial charge is 0.303 e. The monoisotopic (exact) mass is 537 g/mol. The van der Waals surface area contributed by atoms with E-state index in [1.54, 1.807) is 20.4 Å². The maximum Gasteiger partial charge on any atom is 0.303 e. The molecule has 1 unspecified atom stereocenters. The van der Waals surface area contributed by atoms with E-state index in [1.807, 2.05) is 24.3 Å². The third-order valence-electron chi connectivity index (χ3n) is 7.25. The second-order valence-electron chi connectivity index (χ2n) is 9.84. The van der Waals surface area contributed by atoms with Gasteiger partial charge in [0, 0.05) is 36.2 Å². The zero-order valence-electron chi connectivity index (χ0n) is 22.1. The fourth-order valence-electron chi connectivity index (χ4n) is 5.39. The molecule has 0 bridgehead atoms. The number of halogens is 2. The number of carboxylic acid groups (broad SMARTS) is 1. The molecule has 1 saturated heterocycles. The Morgan fingerprint density at radius 3 is 2.69 bits per heavy atom. The van der Waals surface area contributed by atoms with E-state index >= 15 is 0 Å². The second-order valence-corrected chi connectivity index (χ2v) is 9.84. The van der Waals surface area contributed by atoms with Gasteiger partial charge in [0.1, 0.15) is 17.4 Å². The third kappa shape index (κ3) is 7.73. The van der Waals surface area contributed by atoms with Crippen LogP contribution in [0.3, 0.4) is 0 Å². The van der Waals surface area contributed by atoms with Gasteiger partial charge >= 0.3 is 5.97 Å². The Morgan fingerprint density at radius 2 is 1.97 bits per heavy atom. The van der Waals surface area contributed by atoms with E-state index in [4.69, 9.17) is 9.57 Å². The van der Waals surface area contributed by atoms with Crippen LogP contribution in [0.5, 0.6) is 5.75 Å². The number of hydroxylamine groups is 1. The third-order valence-corrected chi connectivity index (χ3v) is 7.25. The highest BCUT2D eigenvalue weighted by molar-refractivity contribution is 5.84. The van der Waals surface area contributed by atoms with Gasteiger partial charge in [-0.15, -0.1) is 0 Å². The second kappa shape index (κ2) is 13.5. The summed E-state index contributed by atoms with van der Waals surface area (Å²) in [5.41, 5.74) is 5.29. The van der Waals surface area contributed by atoms with Crippen LogP contribution in [0.2, 0.25) is 0 Å². The van der Waals surface area contributed by atoms with Crippen LogP contribution < -0.4 is 10.2 Å². The van der Waals surface area contributed by atoms with E-state index in [1.165, 1.54) is 12.1 Å². The number of rotatable bonds is 10. The van der Waals surface area contributed by atoms with Crippen LogP contribution in [0.4, 0.5) is 8.78 Å². The number of nitrogens with one attached hydrogen (secondary N) is 1. The number of methoxy groups -OCH3 is 1. The van der Waals surface area contributed by atoms with Gasteiger partial charge in [0.2, 0.25) is 0 Å². The van der Waals surface area contributed by atoms with E-state index in [2.05, 4.69) is 27.2 Å². The van der Waals surface area contributed by atoms with Gasteiger partial charge in [0.25, 0.3) is 0 Å². The summed E-state index contributed by atoms with van der Waals surface area (Å²) < 4.78 is 32.3. The summed E-state index contributed by atoms with van der Waals surface area (Å²) in [7, 11) is 3.21. The summed E-state index contributed by atoms with van der Waals surface area (Å²) in [6.45, 7) is 1.77. The first-order chi connectivity index (χ1) is 18.9. The van der Waals surface area contributed by atoms with Crippen molar-refractivity contribution < 1.29 is 28.3 Å². The molecule has 1 fully saturated rings. The lowest BCUT2D eigenvalue weighted by molar-refractivity contribution is -0.139. The Hall–Kier alpha value is -3.58. The van der Waals surface area contributed by atoms with Crippen molar-refractivity contribution in [3.63, 3.8) is 0 Å². The minimum absolute atomic E-state index is 0.0397. The summed E-state index contributed by atoms with van der Waals surface area (Å²) in [6.07, 6.45) is 4.24. The Balaban J connectivity index is 1.44. The van der Waals surface area contributed by atoms with Gasteiger partial charge in [-0.2, -0.15) is 5.48 Å². The first kappa shape index (κ1) is 28.4. The van der Waals surface area contributed by atoms with Crippen LogP contribution in [0.25, 0.3) is 10.9 Å². The molecule has 9 heteroatoms. The maximum atomic E-state index is 13.4. The number of fused-ring (bicyclic) bond motifs is 1. The molecule has 3 aromatic rings. The molecular weight excluding hydrogens is 504 g/mol. The number of carbonyl (C=O) groups is 1. The number of nitrogens with zero attached hydrogens (tertiary/aromatic N) is 2. The molecule has 2 aromatic carbocycles. The SMILES string of the molecule is CONC(CC[C@@H]1CCN(CC#Cc2cc(F)cc(F)c2)C[C@@H]1CC(=O)O)c1ccnc2ccc(OC)cc12. The molecule has 2 heterocycles. The Morgan fingerprint density at radius 1 is 1.18 bits per heavy atom. The van der Waals surface area contributed by atoms with E-state index in [0.717, 1.165) is 54.1 Å². The number of carboxylic acids is 1. The molecule has 1 aliphatic heterocycles. The average molecular weight is 538 g/mol. The predicted molar refractivity (Wildman–Crippen MR) is 144 cm³/mol. The molecule has 0 amide bonds. The van der Waals surface area contributed by atoms with Gasteiger partial charge in [-0.3, -0.25) is 14.7 Å². The minimum atomic E-state index is -0.827. The molecular formula is C30H33F2N3O4. The van der Waals surface area contributed by atoms with Crippen LogP contribution in [-0.2, 0) is 9.63 Å². The number of hydrogen-bond acceptors (Lipinski definition) is 6. The largest absolute Gasteiger partial charge is 0.497 e. The number of ether oxygens (including phenoxy) is 1. The number of aromatic nitrogens is 1. The number of hydrogen-bond donors (Lipinski definition) is 2. The lowest BCUT2D eigenvalue weighted by Crippen LogP contribution is -2.41. The highest BCUT2D eigenvalue weighted by atomic mass is 19.1. The van der Waals surface area contributed by atoms with E-state index in [9.17, 15) is 18.7 Å². The molecule has 2 N–H and O–H groups in total. The van der Waals surface area contributed by atoms with Gasteiger partial charge in [-0.05, 0) is 79.6 Å². The molecule has 1 aliphatic rings. The zero-order valence-corrected chi connectivity index (χ0v) is 22.1. The molecule has 0 radical (unpaired) electrons. The first-order valence-electron chi connectivity index (χ1n) is 13.0. The van der Waals surface area contributed by atoms with E-state index in [0.29, 0.717) is 13.1 Å². The summed E-state index contributed by atoms with van der Waals surface area (Å²) in [5.74, 6) is 4.55. The van der Waals surface area contributed by atoms with Crippen molar-refractivity contribution in [1.29, 1.82) is 0 Å². The molecule has 3 atom stereocenters. The quantitative estimate of drug-likeness (QED) is 0.279. The molecule has 206 valence electrons. The van der Waals surface area contributed by atoms with Gasteiger partial charge in [-0.1, -0.05) is 11.8 Å². The van der Waals surface area contributed by atoms with Crippen LogP contribution >= 0.6 is 0 Å². The minimum Gasteiger partial charge on any atom is -0.497 e. The Bertz CT molecular complexity index is 1340. The van der Waals surface area contributed by atoms with Crippen molar-refractivity contribution in [3.8, 4) is 17.6 Å². The summed E-state index contributed by atoms with van der Waals surface area (Å²) >= 11 is 0. The lowest BCUT2D eigenvalue weighted by atomic mass is 9.79. The number of piperidine rings is 1. The maximum absolute atomic E-state index is 13.4. The molecule has 0 saturated carbocycles. The Kier molecular flexibility index (Phi) is 9.82. The van der Waals surface area contributed by atoms with Crippen molar-refractivity contribution in [3.05, 3.63) is 71.4 Å². The van der Waals surface area contributed by atoms with Gasteiger partial charge in [0.15, 0.2) is 0 Å². The molecule has 7 nitrogen and oxygen atoms in total. The van der Waals surface area contributed by atoms with E-state index < -0.39 is 17.6 Å². The number of benzene rings is 2.